The molecule has 1 heterocycles. The van der Waals surface area contributed by atoms with Crippen molar-refractivity contribution in [3.8, 4) is 0 Å². The number of hydrogen-bond donors (Lipinski definition) is 1. The van der Waals surface area contributed by atoms with E-state index in [1.165, 1.54) is 12.8 Å². The van der Waals surface area contributed by atoms with Gasteiger partial charge in [-0.3, -0.25) is 9.80 Å². The van der Waals surface area contributed by atoms with Crippen LogP contribution >= 0.6 is 0 Å². The van der Waals surface area contributed by atoms with E-state index in [4.69, 9.17) is 4.74 Å². The van der Waals surface area contributed by atoms with E-state index >= 15 is 0 Å². The molecule has 2 aliphatic rings. The number of nitrogens with zero attached hydrogens (tertiary/aromatic N) is 2. The monoisotopic (exact) mass is 242 g/mol. The average Bonchev–Trinajstić information content (AvgIpc) is 2.38. The molecule has 2 atom stereocenters. The summed E-state index contributed by atoms with van der Waals surface area (Å²) in [6.45, 7) is 6.01. The van der Waals surface area contributed by atoms with Crippen LogP contribution in [0.25, 0.3) is 0 Å². The molecule has 4 heteroatoms. The number of likely N-dealkylation sites (N-methyl/N-ethyl adjacent to an activating group) is 1. The summed E-state index contributed by atoms with van der Waals surface area (Å²) in [5.41, 5.74) is 0. The molecule has 0 aromatic carbocycles. The van der Waals surface area contributed by atoms with E-state index in [9.17, 15) is 5.11 Å². The van der Waals surface area contributed by atoms with Crippen LogP contribution < -0.4 is 0 Å². The minimum absolute atomic E-state index is 0.113. The number of aliphatic hydroxyl groups is 1. The van der Waals surface area contributed by atoms with Gasteiger partial charge in [0.1, 0.15) is 0 Å². The molecule has 0 spiro atoms. The van der Waals surface area contributed by atoms with Crippen LogP contribution in [0.15, 0.2) is 0 Å². The van der Waals surface area contributed by atoms with Gasteiger partial charge in [0.05, 0.1) is 19.3 Å². The van der Waals surface area contributed by atoms with Gasteiger partial charge < -0.3 is 9.84 Å². The van der Waals surface area contributed by atoms with Crippen LogP contribution in [-0.4, -0.2) is 73.5 Å². The molecule has 0 bridgehead atoms. The topological polar surface area (TPSA) is 35.9 Å². The predicted molar refractivity (Wildman–Crippen MR) is 68.2 cm³/mol. The number of morpholine rings is 1. The molecular formula is C13H26N2O2. The predicted octanol–water partition coefficient (Wildman–Crippen LogP) is 0.554. The summed E-state index contributed by atoms with van der Waals surface area (Å²) < 4.78 is 5.34. The fourth-order valence-electron chi connectivity index (χ4n) is 2.90. The minimum Gasteiger partial charge on any atom is -0.391 e. The van der Waals surface area contributed by atoms with Crippen molar-refractivity contribution < 1.29 is 9.84 Å². The van der Waals surface area contributed by atoms with E-state index in [0.29, 0.717) is 6.04 Å². The van der Waals surface area contributed by atoms with Gasteiger partial charge in [-0.1, -0.05) is 12.8 Å². The highest BCUT2D eigenvalue weighted by Gasteiger charge is 2.26. The SMILES string of the molecule is CN(CCN1CCOCC1)C1CCCCC1O. The van der Waals surface area contributed by atoms with Crippen molar-refractivity contribution in [2.24, 2.45) is 0 Å². The molecule has 2 rings (SSSR count). The molecule has 0 aromatic rings. The van der Waals surface area contributed by atoms with E-state index in [0.717, 1.165) is 52.2 Å². The van der Waals surface area contributed by atoms with Crippen LogP contribution in [0, 0.1) is 0 Å². The first kappa shape index (κ1) is 13.3. The van der Waals surface area contributed by atoms with E-state index in [-0.39, 0.29) is 6.10 Å². The summed E-state index contributed by atoms with van der Waals surface area (Å²) in [6.07, 6.45) is 4.48. The molecule has 1 saturated heterocycles. The maximum atomic E-state index is 10.0. The molecule has 1 N–H and O–H groups in total. The van der Waals surface area contributed by atoms with Gasteiger partial charge in [0, 0.05) is 32.2 Å². The molecule has 17 heavy (non-hydrogen) atoms. The fourth-order valence-corrected chi connectivity index (χ4v) is 2.90. The summed E-state index contributed by atoms with van der Waals surface area (Å²) >= 11 is 0. The van der Waals surface area contributed by atoms with Gasteiger partial charge in [0.2, 0.25) is 0 Å². The molecule has 1 saturated carbocycles. The summed E-state index contributed by atoms with van der Waals surface area (Å²) in [5, 5.41) is 10.0. The average molecular weight is 242 g/mol. The smallest absolute Gasteiger partial charge is 0.0695 e. The Balaban J connectivity index is 1.70. The van der Waals surface area contributed by atoms with Crippen LogP contribution in [0.1, 0.15) is 25.7 Å². The summed E-state index contributed by atoms with van der Waals surface area (Å²) in [5.74, 6) is 0. The first-order valence-corrected chi connectivity index (χ1v) is 6.96. The third-order valence-electron chi connectivity index (χ3n) is 4.13. The van der Waals surface area contributed by atoms with E-state index in [1.807, 2.05) is 0 Å². The standard InChI is InChI=1S/C13H26N2O2/c1-14(12-4-2-3-5-13(12)16)6-7-15-8-10-17-11-9-15/h12-13,16H,2-11H2,1H3. The third-order valence-corrected chi connectivity index (χ3v) is 4.13. The second-order valence-electron chi connectivity index (χ2n) is 5.35. The van der Waals surface area contributed by atoms with Crippen LogP contribution in [0.5, 0.6) is 0 Å². The molecule has 0 aromatic heterocycles. The quantitative estimate of drug-likeness (QED) is 0.781. The first-order valence-electron chi connectivity index (χ1n) is 6.96. The lowest BCUT2D eigenvalue weighted by atomic mass is 9.91. The first-order chi connectivity index (χ1) is 8.27. The second-order valence-corrected chi connectivity index (χ2v) is 5.35. The Morgan fingerprint density at radius 2 is 1.94 bits per heavy atom. The Hall–Kier alpha value is -0.160. The van der Waals surface area contributed by atoms with Crippen LogP contribution in [0.2, 0.25) is 0 Å². The maximum Gasteiger partial charge on any atom is 0.0695 e. The minimum atomic E-state index is -0.113. The lowest BCUT2D eigenvalue weighted by Crippen LogP contribution is -2.47. The maximum absolute atomic E-state index is 10.0. The van der Waals surface area contributed by atoms with Crippen LogP contribution in [0.3, 0.4) is 0 Å². The van der Waals surface area contributed by atoms with Crippen molar-refractivity contribution in [2.75, 3.05) is 46.4 Å². The number of rotatable bonds is 4. The van der Waals surface area contributed by atoms with Gasteiger partial charge in [-0.25, -0.2) is 0 Å². The summed E-state index contributed by atoms with van der Waals surface area (Å²) in [6, 6.07) is 0.379. The zero-order chi connectivity index (χ0) is 12.1. The lowest BCUT2D eigenvalue weighted by molar-refractivity contribution is 0.0115. The van der Waals surface area contributed by atoms with Gasteiger partial charge in [0.25, 0.3) is 0 Å². The molecule has 100 valence electrons. The Kier molecular flexibility index (Phi) is 5.22. The van der Waals surface area contributed by atoms with Crippen LogP contribution in [-0.2, 0) is 4.74 Å². The zero-order valence-corrected chi connectivity index (χ0v) is 11.0. The Bertz CT molecular complexity index is 219. The van der Waals surface area contributed by atoms with Crippen molar-refractivity contribution in [3.63, 3.8) is 0 Å². The summed E-state index contributed by atoms with van der Waals surface area (Å²) in [7, 11) is 2.15. The van der Waals surface area contributed by atoms with E-state index < -0.39 is 0 Å². The van der Waals surface area contributed by atoms with Gasteiger partial charge in [-0.05, 0) is 19.9 Å². The van der Waals surface area contributed by atoms with Gasteiger partial charge in [-0.15, -0.1) is 0 Å². The van der Waals surface area contributed by atoms with Crippen molar-refractivity contribution in [3.05, 3.63) is 0 Å². The molecule has 2 unspecified atom stereocenters. The molecule has 1 aliphatic carbocycles. The Morgan fingerprint density at radius 1 is 1.24 bits per heavy atom. The van der Waals surface area contributed by atoms with Gasteiger partial charge in [0.15, 0.2) is 0 Å². The molecular weight excluding hydrogens is 216 g/mol. The second kappa shape index (κ2) is 6.69. The van der Waals surface area contributed by atoms with Gasteiger partial charge >= 0.3 is 0 Å². The Labute approximate surface area is 105 Å². The number of ether oxygens (including phenoxy) is 1. The molecule has 0 amide bonds. The van der Waals surface area contributed by atoms with E-state index in [1.54, 1.807) is 0 Å². The van der Waals surface area contributed by atoms with Crippen molar-refractivity contribution in [1.82, 2.24) is 9.80 Å². The normalized spacial score (nSPS) is 31.9. The van der Waals surface area contributed by atoms with Gasteiger partial charge in [-0.2, -0.15) is 0 Å². The fraction of sp³-hybridized carbons (Fsp3) is 1.00. The molecule has 4 nitrogen and oxygen atoms in total. The summed E-state index contributed by atoms with van der Waals surface area (Å²) in [4.78, 5) is 4.80. The lowest BCUT2D eigenvalue weighted by Gasteiger charge is -2.36. The van der Waals surface area contributed by atoms with Crippen LogP contribution in [0.4, 0.5) is 0 Å². The van der Waals surface area contributed by atoms with Crippen molar-refractivity contribution in [1.29, 1.82) is 0 Å². The largest absolute Gasteiger partial charge is 0.391 e. The highest BCUT2D eigenvalue weighted by molar-refractivity contribution is 4.82. The molecule has 0 radical (unpaired) electrons. The zero-order valence-electron chi connectivity index (χ0n) is 11.0. The highest BCUT2D eigenvalue weighted by atomic mass is 16.5. The molecule has 1 aliphatic heterocycles. The molecule has 2 fully saturated rings. The number of aliphatic hydroxyl groups excluding tert-OH is 1. The van der Waals surface area contributed by atoms with Crippen molar-refractivity contribution >= 4 is 0 Å². The number of hydrogen-bond acceptors (Lipinski definition) is 4. The highest BCUT2D eigenvalue weighted by Crippen LogP contribution is 2.22. The van der Waals surface area contributed by atoms with E-state index in [2.05, 4.69) is 16.8 Å². The van der Waals surface area contributed by atoms with Crippen molar-refractivity contribution in [2.45, 2.75) is 37.8 Å². The Morgan fingerprint density at radius 3 is 2.65 bits per heavy atom. The third kappa shape index (κ3) is 3.91.